The lowest BCUT2D eigenvalue weighted by molar-refractivity contribution is -0.131. The van der Waals surface area contributed by atoms with Gasteiger partial charge >= 0.3 is 0 Å². The van der Waals surface area contributed by atoms with E-state index in [9.17, 15) is 18.4 Å². The Hall–Kier alpha value is -4.52. The van der Waals surface area contributed by atoms with Gasteiger partial charge < -0.3 is 20.4 Å². The van der Waals surface area contributed by atoms with Gasteiger partial charge in [0.25, 0.3) is 11.8 Å². The zero-order chi connectivity index (χ0) is 26.2. The highest BCUT2D eigenvalue weighted by Gasteiger charge is 2.47. The summed E-state index contributed by atoms with van der Waals surface area (Å²) in [4.78, 5) is 32.7. The van der Waals surface area contributed by atoms with E-state index in [2.05, 4.69) is 32.7 Å². The summed E-state index contributed by atoms with van der Waals surface area (Å²) in [6.07, 6.45) is 4.71. The van der Waals surface area contributed by atoms with Gasteiger partial charge in [-0.15, -0.1) is 0 Å². The molecule has 2 aliphatic heterocycles. The van der Waals surface area contributed by atoms with Gasteiger partial charge in [0.05, 0.1) is 48.3 Å². The molecule has 2 aromatic carbocycles. The molecular weight excluding hydrogens is 478 g/mol. The van der Waals surface area contributed by atoms with Crippen LogP contribution in [0.5, 0.6) is 0 Å². The normalized spacial score (nSPS) is 18.1. The van der Waals surface area contributed by atoms with Crippen LogP contribution >= 0.6 is 0 Å². The van der Waals surface area contributed by atoms with Gasteiger partial charge in [-0.2, -0.15) is 5.26 Å². The molecule has 3 heterocycles. The van der Waals surface area contributed by atoms with Crippen LogP contribution < -0.4 is 15.5 Å². The largest absolute Gasteiger partial charge is 0.366 e. The standard InChI is InChI=1S/C27H24F2N6O2/c1-34-16-33-23-11-18(5-7-24(23)34)3-2-17-4-6-22-21(10-17)20(8-9-31-22)26(37)32-14-25(36)35-15-27(28,29)12-19(35)13-30/h2-11,19,33H,12,14-16H2,1H3,(H,32,37)/b3-2+. The molecule has 2 aliphatic rings. The van der Waals surface area contributed by atoms with Gasteiger partial charge in [0.2, 0.25) is 5.91 Å². The zero-order valence-electron chi connectivity index (χ0n) is 20.0. The number of fused-ring (bicyclic) bond motifs is 2. The van der Waals surface area contributed by atoms with Crippen molar-refractivity contribution in [2.75, 3.05) is 37.0 Å². The summed E-state index contributed by atoms with van der Waals surface area (Å²) in [5.41, 5.74) is 5.00. The van der Waals surface area contributed by atoms with Gasteiger partial charge in [0.15, 0.2) is 0 Å². The number of aromatic nitrogens is 1. The Labute approximate surface area is 212 Å². The van der Waals surface area contributed by atoms with Crippen molar-refractivity contribution in [2.24, 2.45) is 0 Å². The summed E-state index contributed by atoms with van der Waals surface area (Å²) >= 11 is 0. The van der Waals surface area contributed by atoms with Crippen molar-refractivity contribution in [1.29, 1.82) is 5.26 Å². The minimum Gasteiger partial charge on any atom is -0.366 e. The second-order valence-electron chi connectivity index (χ2n) is 9.19. The highest BCUT2D eigenvalue weighted by atomic mass is 19.3. The second kappa shape index (κ2) is 9.50. The lowest BCUT2D eigenvalue weighted by Crippen LogP contribution is -2.43. The number of amides is 2. The van der Waals surface area contributed by atoms with Crippen LogP contribution in [-0.4, -0.2) is 60.5 Å². The first-order chi connectivity index (χ1) is 17.7. The highest BCUT2D eigenvalue weighted by molar-refractivity contribution is 6.07. The summed E-state index contributed by atoms with van der Waals surface area (Å²) in [6, 6.07) is 13.8. The van der Waals surface area contributed by atoms with E-state index < -0.39 is 43.3 Å². The van der Waals surface area contributed by atoms with Crippen LogP contribution in [-0.2, 0) is 4.79 Å². The number of carbonyl (C=O) groups excluding carboxylic acids is 2. The molecule has 5 rings (SSSR count). The molecule has 37 heavy (non-hydrogen) atoms. The Morgan fingerprint density at radius 3 is 2.76 bits per heavy atom. The number of anilines is 2. The number of benzene rings is 2. The fraction of sp³-hybridized carbons (Fsp3) is 0.259. The molecule has 1 aromatic heterocycles. The van der Waals surface area contributed by atoms with Gasteiger partial charge in [-0.1, -0.05) is 24.3 Å². The van der Waals surface area contributed by atoms with Crippen LogP contribution in [0.4, 0.5) is 20.2 Å². The molecule has 188 valence electrons. The number of hydrogen-bond acceptors (Lipinski definition) is 6. The van der Waals surface area contributed by atoms with E-state index in [1.54, 1.807) is 18.2 Å². The van der Waals surface area contributed by atoms with E-state index in [1.165, 1.54) is 6.20 Å². The first-order valence-electron chi connectivity index (χ1n) is 11.8. The van der Waals surface area contributed by atoms with Gasteiger partial charge in [-0.05, 0) is 41.5 Å². The summed E-state index contributed by atoms with van der Waals surface area (Å²) in [5, 5.41) is 15.5. The quantitative estimate of drug-likeness (QED) is 0.516. The Bertz CT molecular complexity index is 1470. The van der Waals surface area contributed by atoms with Crippen LogP contribution in [0.15, 0.2) is 48.7 Å². The van der Waals surface area contributed by atoms with Crippen LogP contribution in [0.3, 0.4) is 0 Å². The Kier molecular flexibility index (Phi) is 6.21. The summed E-state index contributed by atoms with van der Waals surface area (Å²) in [6.45, 7) is -0.553. The number of hydrogen-bond donors (Lipinski definition) is 2. The molecule has 2 amide bonds. The van der Waals surface area contributed by atoms with Crippen molar-refractivity contribution in [3.05, 3.63) is 65.4 Å². The topological polar surface area (TPSA) is 101 Å². The SMILES string of the molecule is CN1CNc2cc(/C=C/c3ccc4nccc(C(=O)NCC(=O)N5CC(F)(F)CC5C#N)c4c3)ccc21. The lowest BCUT2D eigenvalue weighted by atomic mass is 10.0. The molecule has 10 heteroatoms. The third-order valence-corrected chi connectivity index (χ3v) is 6.56. The van der Waals surface area contributed by atoms with Crippen molar-refractivity contribution >= 4 is 46.2 Å². The molecule has 0 aliphatic carbocycles. The predicted octanol–water partition coefficient (Wildman–Crippen LogP) is 3.71. The van der Waals surface area contributed by atoms with E-state index in [0.29, 0.717) is 16.5 Å². The number of nitrogens with zero attached hydrogens (tertiary/aromatic N) is 4. The molecule has 1 unspecified atom stereocenters. The maximum Gasteiger partial charge on any atom is 0.268 e. The van der Waals surface area contributed by atoms with Gasteiger partial charge in [-0.3, -0.25) is 14.6 Å². The summed E-state index contributed by atoms with van der Waals surface area (Å²) < 4.78 is 27.3. The van der Waals surface area contributed by atoms with E-state index in [1.807, 2.05) is 37.4 Å². The third-order valence-electron chi connectivity index (χ3n) is 6.56. The number of halogens is 2. The number of likely N-dealkylation sites (tertiary alicyclic amines) is 1. The average Bonchev–Trinajstić information content (AvgIpc) is 3.43. The van der Waals surface area contributed by atoms with Gasteiger partial charge in [-0.25, -0.2) is 8.78 Å². The number of rotatable bonds is 5. The molecule has 0 radical (unpaired) electrons. The minimum absolute atomic E-state index is 0.307. The smallest absolute Gasteiger partial charge is 0.268 e. The van der Waals surface area contributed by atoms with E-state index in [0.717, 1.165) is 34.1 Å². The van der Waals surface area contributed by atoms with Crippen LogP contribution in [0.2, 0.25) is 0 Å². The van der Waals surface area contributed by atoms with Crippen molar-refractivity contribution in [3.8, 4) is 6.07 Å². The van der Waals surface area contributed by atoms with Crippen LogP contribution in [0, 0.1) is 11.3 Å². The zero-order valence-corrected chi connectivity index (χ0v) is 20.0. The number of carbonyl (C=O) groups is 2. The number of nitriles is 1. The Morgan fingerprint density at radius 1 is 1.22 bits per heavy atom. The Morgan fingerprint density at radius 2 is 1.97 bits per heavy atom. The molecule has 8 nitrogen and oxygen atoms in total. The molecule has 1 fully saturated rings. The summed E-state index contributed by atoms with van der Waals surface area (Å²) in [5.74, 6) is -4.37. The van der Waals surface area contributed by atoms with E-state index in [4.69, 9.17) is 5.26 Å². The Balaban J connectivity index is 1.31. The second-order valence-corrected chi connectivity index (χ2v) is 9.19. The predicted molar refractivity (Wildman–Crippen MR) is 137 cm³/mol. The molecule has 2 N–H and O–H groups in total. The lowest BCUT2D eigenvalue weighted by Gasteiger charge is -2.19. The maximum atomic E-state index is 13.7. The third kappa shape index (κ3) is 4.93. The highest BCUT2D eigenvalue weighted by Crippen LogP contribution is 2.32. The van der Waals surface area contributed by atoms with E-state index in [-0.39, 0.29) is 0 Å². The molecule has 1 saturated heterocycles. The monoisotopic (exact) mass is 502 g/mol. The summed E-state index contributed by atoms with van der Waals surface area (Å²) in [7, 11) is 2.02. The fourth-order valence-corrected chi connectivity index (χ4v) is 4.63. The van der Waals surface area contributed by atoms with Gasteiger partial charge in [0, 0.05) is 25.1 Å². The van der Waals surface area contributed by atoms with Crippen LogP contribution in [0.1, 0.15) is 27.9 Å². The van der Waals surface area contributed by atoms with Crippen molar-refractivity contribution < 1.29 is 18.4 Å². The first kappa shape index (κ1) is 24.2. The van der Waals surface area contributed by atoms with Crippen molar-refractivity contribution in [2.45, 2.75) is 18.4 Å². The molecule has 1 atom stereocenters. The van der Waals surface area contributed by atoms with E-state index >= 15 is 0 Å². The number of nitrogens with one attached hydrogen (secondary N) is 2. The average molecular weight is 503 g/mol. The molecule has 3 aromatic rings. The fourth-order valence-electron chi connectivity index (χ4n) is 4.63. The maximum absolute atomic E-state index is 13.7. The first-order valence-corrected chi connectivity index (χ1v) is 11.8. The molecule has 0 spiro atoms. The molecule has 0 saturated carbocycles. The minimum atomic E-state index is -3.11. The number of pyridine rings is 1. The number of alkyl halides is 2. The van der Waals surface area contributed by atoms with Crippen molar-refractivity contribution in [3.63, 3.8) is 0 Å². The molecular formula is C27H24F2N6O2. The molecule has 0 bridgehead atoms. The van der Waals surface area contributed by atoms with Gasteiger partial charge in [0.1, 0.15) is 6.04 Å². The van der Waals surface area contributed by atoms with Crippen LogP contribution in [0.25, 0.3) is 23.1 Å². The van der Waals surface area contributed by atoms with Crippen molar-refractivity contribution in [1.82, 2.24) is 15.2 Å².